The first-order valence-corrected chi connectivity index (χ1v) is 10.9. The first-order valence-electron chi connectivity index (χ1n) is 10.9. The number of Topliss-reactive ketones (excluding diaryl/α,β-unsaturated/α-hetero) is 1. The monoisotopic (exact) mass is 459 g/mol. The van der Waals surface area contributed by atoms with E-state index in [4.69, 9.17) is 9.47 Å². The number of aliphatic hydroxyl groups excluding tert-OH is 1. The van der Waals surface area contributed by atoms with Crippen LogP contribution in [0.3, 0.4) is 0 Å². The average molecular weight is 459 g/mol. The highest BCUT2D eigenvalue weighted by Gasteiger charge is 2.46. The molecule has 1 unspecified atom stereocenters. The van der Waals surface area contributed by atoms with Gasteiger partial charge in [0, 0.05) is 11.1 Å². The molecule has 3 aromatic carbocycles. The fourth-order valence-corrected chi connectivity index (χ4v) is 4.13. The molecule has 0 spiro atoms. The topological polar surface area (TPSA) is 96.3 Å². The molecular formula is C27H25NO6. The van der Waals surface area contributed by atoms with E-state index in [0.29, 0.717) is 29.0 Å². The Morgan fingerprint density at radius 1 is 0.971 bits per heavy atom. The Labute approximate surface area is 197 Å². The molecule has 1 saturated heterocycles. The number of benzene rings is 3. The van der Waals surface area contributed by atoms with Gasteiger partial charge in [-0.25, -0.2) is 0 Å². The zero-order chi connectivity index (χ0) is 24.2. The highest BCUT2D eigenvalue weighted by atomic mass is 16.5. The van der Waals surface area contributed by atoms with Gasteiger partial charge in [0.2, 0.25) is 0 Å². The third kappa shape index (κ3) is 4.20. The molecule has 1 fully saturated rings. The van der Waals surface area contributed by atoms with Gasteiger partial charge >= 0.3 is 0 Å². The van der Waals surface area contributed by atoms with Gasteiger partial charge in [-0.1, -0.05) is 54.6 Å². The molecule has 0 aromatic heterocycles. The molecule has 3 aromatic rings. The number of phenolic OH excluding ortho intramolecular Hbond substituents is 1. The third-order valence-corrected chi connectivity index (χ3v) is 5.72. The maximum absolute atomic E-state index is 13.2. The van der Waals surface area contributed by atoms with Crippen molar-refractivity contribution in [3.8, 4) is 17.2 Å². The fourth-order valence-electron chi connectivity index (χ4n) is 4.13. The third-order valence-electron chi connectivity index (χ3n) is 5.72. The van der Waals surface area contributed by atoms with Crippen molar-refractivity contribution in [1.82, 2.24) is 4.90 Å². The van der Waals surface area contributed by atoms with E-state index < -0.39 is 17.7 Å². The molecule has 0 saturated carbocycles. The first-order chi connectivity index (χ1) is 16.5. The summed E-state index contributed by atoms with van der Waals surface area (Å²) in [6.45, 7) is 2.19. The van der Waals surface area contributed by atoms with E-state index in [-0.39, 0.29) is 29.4 Å². The first kappa shape index (κ1) is 22.9. The Morgan fingerprint density at radius 3 is 2.38 bits per heavy atom. The highest BCUT2D eigenvalue weighted by Crippen LogP contribution is 2.43. The minimum atomic E-state index is -0.898. The summed E-state index contributed by atoms with van der Waals surface area (Å²) in [4.78, 5) is 27.8. The van der Waals surface area contributed by atoms with Gasteiger partial charge in [-0.05, 0) is 30.7 Å². The number of hydrogen-bond acceptors (Lipinski definition) is 6. The molecule has 2 N–H and O–H groups in total. The van der Waals surface area contributed by atoms with Crippen LogP contribution in [0.15, 0.2) is 78.4 Å². The zero-order valence-corrected chi connectivity index (χ0v) is 18.9. The van der Waals surface area contributed by atoms with E-state index in [0.717, 1.165) is 0 Å². The summed E-state index contributed by atoms with van der Waals surface area (Å²) < 4.78 is 11.0. The maximum Gasteiger partial charge on any atom is 0.295 e. The van der Waals surface area contributed by atoms with Crippen molar-refractivity contribution in [1.29, 1.82) is 0 Å². The van der Waals surface area contributed by atoms with E-state index in [1.54, 1.807) is 55.5 Å². The normalized spacial score (nSPS) is 17.1. The van der Waals surface area contributed by atoms with Crippen molar-refractivity contribution in [2.24, 2.45) is 0 Å². The average Bonchev–Trinajstić information content (AvgIpc) is 3.11. The minimum Gasteiger partial charge on any atom is -0.507 e. The van der Waals surface area contributed by atoms with Crippen LogP contribution in [0, 0.1) is 0 Å². The largest absolute Gasteiger partial charge is 0.507 e. The van der Waals surface area contributed by atoms with Gasteiger partial charge in [-0.15, -0.1) is 0 Å². The van der Waals surface area contributed by atoms with E-state index >= 15 is 0 Å². The zero-order valence-electron chi connectivity index (χ0n) is 18.9. The molecule has 7 nitrogen and oxygen atoms in total. The van der Waals surface area contributed by atoms with Gasteiger partial charge in [0.1, 0.15) is 11.5 Å². The lowest BCUT2D eigenvalue weighted by Gasteiger charge is -2.26. The summed E-state index contributed by atoms with van der Waals surface area (Å²) in [5.74, 6) is -1.05. The molecule has 4 rings (SSSR count). The standard InChI is InChI=1S/C27H25NO6/c1-3-34-22-15-18(13-14-20(22)29)24-23(25(30)17-9-5-4-6-10-17)26(31)27(32)28(24)16-19-11-7-8-12-21(19)33-2/h4-15,24,29-30H,3,16H2,1-2H3/b25-23-. The fraction of sp³-hybridized carbons (Fsp3) is 0.185. The lowest BCUT2D eigenvalue weighted by atomic mass is 9.94. The predicted molar refractivity (Wildman–Crippen MR) is 127 cm³/mol. The highest BCUT2D eigenvalue weighted by molar-refractivity contribution is 6.46. The molecule has 7 heteroatoms. The number of likely N-dealkylation sites (tertiary alicyclic amines) is 1. The van der Waals surface area contributed by atoms with Crippen LogP contribution in [-0.2, 0) is 16.1 Å². The number of rotatable bonds is 7. The molecule has 1 aliphatic heterocycles. The van der Waals surface area contributed by atoms with E-state index in [1.165, 1.54) is 18.1 Å². The van der Waals surface area contributed by atoms with Crippen LogP contribution in [0.4, 0.5) is 0 Å². The Balaban J connectivity index is 1.89. The van der Waals surface area contributed by atoms with Crippen LogP contribution < -0.4 is 9.47 Å². The smallest absolute Gasteiger partial charge is 0.295 e. The van der Waals surface area contributed by atoms with Crippen LogP contribution >= 0.6 is 0 Å². The number of phenols is 1. The van der Waals surface area contributed by atoms with Crippen molar-refractivity contribution in [3.63, 3.8) is 0 Å². The van der Waals surface area contributed by atoms with Crippen LogP contribution in [0.5, 0.6) is 17.2 Å². The van der Waals surface area contributed by atoms with Crippen molar-refractivity contribution in [2.45, 2.75) is 19.5 Å². The number of nitrogens with zero attached hydrogens (tertiary/aromatic N) is 1. The van der Waals surface area contributed by atoms with Crippen molar-refractivity contribution < 1.29 is 29.3 Å². The molecule has 1 amide bonds. The molecule has 0 radical (unpaired) electrons. The molecule has 0 aliphatic carbocycles. The number of carbonyl (C=O) groups excluding carboxylic acids is 2. The molecule has 174 valence electrons. The number of para-hydroxylation sites is 1. The molecule has 1 heterocycles. The number of ether oxygens (including phenoxy) is 2. The van der Waals surface area contributed by atoms with Gasteiger partial charge in [-0.3, -0.25) is 9.59 Å². The van der Waals surface area contributed by atoms with Crippen LogP contribution in [-0.4, -0.2) is 40.5 Å². The second kappa shape index (κ2) is 9.70. The Bertz CT molecular complexity index is 1250. The molecule has 1 atom stereocenters. The van der Waals surface area contributed by atoms with E-state index in [1.807, 2.05) is 18.2 Å². The van der Waals surface area contributed by atoms with Crippen molar-refractivity contribution >= 4 is 17.4 Å². The summed E-state index contributed by atoms with van der Waals surface area (Å²) >= 11 is 0. The summed E-state index contributed by atoms with van der Waals surface area (Å²) in [7, 11) is 1.54. The van der Waals surface area contributed by atoms with E-state index in [9.17, 15) is 19.8 Å². The lowest BCUT2D eigenvalue weighted by Crippen LogP contribution is -2.29. The summed E-state index contributed by atoms with van der Waals surface area (Å²) in [6, 6.07) is 19.6. The molecule has 34 heavy (non-hydrogen) atoms. The quantitative estimate of drug-likeness (QED) is 0.308. The van der Waals surface area contributed by atoms with Gasteiger partial charge in [0.15, 0.2) is 11.5 Å². The van der Waals surface area contributed by atoms with Gasteiger partial charge < -0.3 is 24.6 Å². The number of ketones is 1. The van der Waals surface area contributed by atoms with Crippen LogP contribution in [0.1, 0.15) is 29.7 Å². The number of aliphatic hydroxyl groups is 1. The van der Waals surface area contributed by atoms with Crippen molar-refractivity contribution in [3.05, 3.63) is 95.1 Å². The number of hydrogen-bond donors (Lipinski definition) is 2. The summed E-state index contributed by atoms with van der Waals surface area (Å²) in [6.07, 6.45) is 0. The summed E-state index contributed by atoms with van der Waals surface area (Å²) in [5, 5.41) is 21.3. The number of aromatic hydroxyl groups is 1. The SMILES string of the molecule is CCOc1cc(C2/C(=C(/O)c3ccccc3)C(=O)C(=O)N2Cc2ccccc2OC)ccc1O. The second-order valence-electron chi connectivity index (χ2n) is 7.77. The Kier molecular flexibility index (Phi) is 6.54. The second-order valence-corrected chi connectivity index (χ2v) is 7.77. The maximum atomic E-state index is 13.2. The Hall–Kier alpha value is -4.26. The van der Waals surface area contributed by atoms with E-state index in [2.05, 4.69) is 0 Å². The summed E-state index contributed by atoms with van der Waals surface area (Å²) in [5.41, 5.74) is 1.62. The van der Waals surface area contributed by atoms with Gasteiger partial charge in [0.05, 0.1) is 31.9 Å². The Morgan fingerprint density at radius 2 is 1.68 bits per heavy atom. The number of methoxy groups -OCH3 is 1. The molecule has 0 bridgehead atoms. The molecule has 1 aliphatic rings. The molecular weight excluding hydrogens is 434 g/mol. The van der Waals surface area contributed by atoms with Gasteiger partial charge in [0.25, 0.3) is 11.7 Å². The predicted octanol–water partition coefficient (Wildman–Crippen LogP) is 4.42. The minimum absolute atomic E-state index is 0.0285. The van der Waals surface area contributed by atoms with Crippen LogP contribution in [0.2, 0.25) is 0 Å². The lowest BCUT2D eigenvalue weighted by molar-refractivity contribution is -0.140. The number of carbonyl (C=O) groups is 2. The van der Waals surface area contributed by atoms with Gasteiger partial charge in [-0.2, -0.15) is 0 Å². The van der Waals surface area contributed by atoms with Crippen molar-refractivity contribution in [2.75, 3.05) is 13.7 Å². The number of amides is 1. The van der Waals surface area contributed by atoms with Crippen LogP contribution in [0.25, 0.3) is 5.76 Å².